The first kappa shape index (κ1) is 29.6. The Balaban J connectivity index is 1.13. The van der Waals surface area contributed by atoms with Gasteiger partial charge in [0, 0.05) is 50.9 Å². The predicted octanol–water partition coefficient (Wildman–Crippen LogP) is 2.33. The topological polar surface area (TPSA) is 134 Å². The van der Waals surface area contributed by atoms with Crippen molar-refractivity contribution >= 4 is 35.2 Å². The fourth-order valence-corrected chi connectivity index (χ4v) is 5.65. The molecule has 1 fully saturated rings. The van der Waals surface area contributed by atoms with Crippen molar-refractivity contribution in [3.8, 4) is 11.3 Å². The van der Waals surface area contributed by atoms with Gasteiger partial charge in [0.25, 0.3) is 5.91 Å². The minimum atomic E-state index is -0.681. The second-order valence-corrected chi connectivity index (χ2v) is 11.7. The lowest BCUT2D eigenvalue weighted by atomic mass is 10.0. The molecule has 44 heavy (non-hydrogen) atoms. The Labute approximate surface area is 261 Å². The fraction of sp³-hybridized carbons (Fsp3) is 0.367. The van der Waals surface area contributed by atoms with Crippen LogP contribution in [0.3, 0.4) is 0 Å². The number of hydrogen-bond acceptors (Lipinski definition) is 11. The summed E-state index contributed by atoms with van der Waals surface area (Å²) < 4.78 is 0. The predicted molar refractivity (Wildman–Crippen MR) is 168 cm³/mol. The zero-order chi connectivity index (χ0) is 31.0. The van der Waals surface area contributed by atoms with Gasteiger partial charge in [-0.15, -0.1) is 5.53 Å². The maximum Gasteiger partial charge on any atom is 0.255 e. The molecule has 0 unspecified atom stereocenters. The van der Waals surface area contributed by atoms with Crippen LogP contribution < -0.4 is 26.5 Å². The lowest BCUT2D eigenvalue weighted by Crippen LogP contribution is -2.46. The van der Waals surface area contributed by atoms with E-state index in [1.54, 1.807) is 29.1 Å². The molecule has 230 valence electrons. The van der Waals surface area contributed by atoms with Crippen LogP contribution in [0.15, 0.2) is 54.6 Å². The van der Waals surface area contributed by atoms with Crippen molar-refractivity contribution in [2.24, 2.45) is 0 Å². The molecule has 0 radical (unpaired) electrons. The number of piperazine rings is 1. The summed E-state index contributed by atoms with van der Waals surface area (Å²) in [6, 6.07) is 10.4. The van der Waals surface area contributed by atoms with Crippen LogP contribution >= 0.6 is 11.6 Å². The summed E-state index contributed by atoms with van der Waals surface area (Å²) in [5.74, 6) is 1.46. The van der Waals surface area contributed by atoms with Crippen LogP contribution in [0, 0.1) is 0 Å². The van der Waals surface area contributed by atoms with Gasteiger partial charge in [0.05, 0.1) is 34.8 Å². The first-order valence-electron chi connectivity index (χ1n) is 14.6. The quantitative estimate of drug-likeness (QED) is 0.297. The Morgan fingerprint density at radius 3 is 2.61 bits per heavy atom. The summed E-state index contributed by atoms with van der Waals surface area (Å²) in [4.78, 5) is 46.7. The number of benzene rings is 1. The van der Waals surface area contributed by atoms with Crippen LogP contribution in [0.2, 0.25) is 5.02 Å². The standard InChI is InChI=1S/C30H36ClN11O2/c1-18(24-6-5-7-26(34-24)41-12-10-39(3)11-13-41)33-28(43)19(2)42-16-21-9-8-20(14-22(21)29(42)44)27-23(31)15-32-30(36-27)35-25-17-40(4)38-37-25/h5-9,14-15,17-19,37-38H,10-13,16H2,1-4H3,(H,33,43)(H,32,35,36)/t18-,19-/m1/s1. The summed E-state index contributed by atoms with van der Waals surface area (Å²) in [5.41, 5.74) is 9.16. The van der Waals surface area contributed by atoms with E-state index in [-0.39, 0.29) is 17.9 Å². The van der Waals surface area contributed by atoms with E-state index in [0.29, 0.717) is 40.2 Å². The number of nitrogens with one attached hydrogen (secondary N) is 4. The molecule has 6 rings (SSSR count). The van der Waals surface area contributed by atoms with Gasteiger partial charge in [-0.05, 0) is 44.7 Å². The molecule has 14 heteroatoms. The number of anilines is 2. The summed E-state index contributed by atoms with van der Waals surface area (Å²) in [6.07, 6.45) is 3.32. The average molecular weight is 618 g/mol. The summed E-state index contributed by atoms with van der Waals surface area (Å²) >= 11 is 6.48. The molecule has 1 aromatic carbocycles. The highest BCUT2D eigenvalue weighted by Crippen LogP contribution is 2.32. The van der Waals surface area contributed by atoms with Crippen molar-refractivity contribution in [2.45, 2.75) is 32.5 Å². The third-order valence-electron chi connectivity index (χ3n) is 8.13. The molecule has 5 heterocycles. The minimum Gasteiger partial charge on any atom is -0.354 e. The molecule has 2 aromatic heterocycles. The maximum atomic E-state index is 13.6. The summed E-state index contributed by atoms with van der Waals surface area (Å²) in [5, 5.41) is 8.24. The fourth-order valence-electron chi connectivity index (χ4n) is 5.45. The smallest absolute Gasteiger partial charge is 0.255 e. The zero-order valence-corrected chi connectivity index (χ0v) is 25.9. The minimum absolute atomic E-state index is 0.217. The third kappa shape index (κ3) is 6.11. The van der Waals surface area contributed by atoms with E-state index in [4.69, 9.17) is 16.6 Å². The van der Waals surface area contributed by atoms with E-state index >= 15 is 0 Å². The molecule has 4 N–H and O–H groups in total. The molecule has 3 aromatic rings. The second kappa shape index (κ2) is 12.3. The van der Waals surface area contributed by atoms with Gasteiger partial charge in [0.1, 0.15) is 17.7 Å². The van der Waals surface area contributed by atoms with Gasteiger partial charge in [0.15, 0.2) is 0 Å². The van der Waals surface area contributed by atoms with Crippen molar-refractivity contribution in [1.29, 1.82) is 0 Å². The van der Waals surface area contributed by atoms with Gasteiger partial charge in [-0.2, -0.15) is 0 Å². The number of pyridine rings is 1. The van der Waals surface area contributed by atoms with E-state index in [2.05, 4.69) is 48.4 Å². The summed E-state index contributed by atoms with van der Waals surface area (Å²) in [6.45, 7) is 7.79. The maximum absolute atomic E-state index is 13.6. The molecular weight excluding hydrogens is 582 g/mol. The van der Waals surface area contributed by atoms with E-state index in [1.165, 1.54) is 6.20 Å². The molecule has 3 aliphatic heterocycles. The highest BCUT2D eigenvalue weighted by atomic mass is 35.5. The highest BCUT2D eigenvalue weighted by Gasteiger charge is 2.35. The number of rotatable bonds is 8. The van der Waals surface area contributed by atoms with Crippen molar-refractivity contribution in [3.05, 3.63) is 76.5 Å². The van der Waals surface area contributed by atoms with Crippen molar-refractivity contribution < 1.29 is 9.59 Å². The molecule has 3 aliphatic rings. The largest absolute Gasteiger partial charge is 0.354 e. The number of amides is 2. The number of nitrogens with zero attached hydrogens (tertiary/aromatic N) is 7. The molecule has 2 amide bonds. The lowest BCUT2D eigenvalue weighted by Gasteiger charge is -2.33. The van der Waals surface area contributed by atoms with E-state index in [0.717, 1.165) is 43.3 Å². The number of hydrazine groups is 2. The molecule has 0 aliphatic carbocycles. The zero-order valence-electron chi connectivity index (χ0n) is 25.1. The van der Waals surface area contributed by atoms with Crippen LogP contribution in [-0.2, 0) is 11.3 Å². The van der Waals surface area contributed by atoms with Crippen molar-refractivity contribution in [2.75, 3.05) is 50.5 Å². The van der Waals surface area contributed by atoms with Crippen LogP contribution in [-0.4, -0.2) is 87.9 Å². The van der Waals surface area contributed by atoms with E-state index in [9.17, 15) is 9.59 Å². The van der Waals surface area contributed by atoms with Crippen molar-refractivity contribution in [1.82, 2.24) is 46.0 Å². The van der Waals surface area contributed by atoms with Crippen LogP contribution in [0.5, 0.6) is 0 Å². The van der Waals surface area contributed by atoms with E-state index < -0.39 is 6.04 Å². The van der Waals surface area contributed by atoms with Crippen LogP contribution in [0.1, 0.15) is 41.5 Å². The number of fused-ring (bicyclic) bond motifs is 1. The van der Waals surface area contributed by atoms with Gasteiger partial charge >= 0.3 is 0 Å². The SMILES string of the molecule is C[C@H](C(=O)N[C@H](C)c1cccc(N2CCN(C)CC2)n1)N1Cc2ccc(-c3nc(NC4=CN(C)NN4)ncc3Cl)cc2C1=O. The van der Waals surface area contributed by atoms with Gasteiger partial charge in [-0.25, -0.2) is 15.0 Å². The average Bonchev–Trinajstić information content (AvgIpc) is 3.59. The lowest BCUT2D eigenvalue weighted by molar-refractivity contribution is -0.125. The third-order valence-corrected chi connectivity index (χ3v) is 8.40. The van der Waals surface area contributed by atoms with Crippen molar-refractivity contribution in [3.63, 3.8) is 0 Å². The number of hydrogen-bond donors (Lipinski definition) is 4. The first-order chi connectivity index (χ1) is 21.2. The number of carbonyl (C=O) groups is 2. The number of carbonyl (C=O) groups excluding carboxylic acids is 2. The Hall–Kier alpha value is -4.46. The number of likely N-dealkylation sites (N-methyl/N-ethyl adjacent to an activating group) is 1. The van der Waals surface area contributed by atoms with Gasteiger partial charge < -0.3 is 25.3 Å². The van der Waals surface area contributed by atoms with E-state index in [1.807, 2.05) is 44.3 Å². The Bertz CT molecular complexity index is 1610. The normalized spacial score (nSPS) is 18.1. The molecule has 0 bridgehead atoms. The second-order valence-electron chi connectivity index (χ2n) is 11.3. The molecule has 1 saturated heterocycles. The number of halogens is 1. The Morgan fingerprint density at radius 1 is 1.07 bits per heavy atom. The molecule has 0 spiro atoms. The highest BCUT2D eigenvalue weighted by molar-refractivity contribution is 6.33. The Kier molecular flexibility index (Phi) is 8.25. The van der Waals surface area contributed by atoms with Gasteiger partial charge in [0.2, 0.25) is 11.9 Å². The van der Waals surface area contributed by atoms with Gasteiger partial charge in [-0.1, -0.05) is 29.8 Å². The first-order valence-corrected chi connectivity index (χ1v) is 14.9. The number of aromatic nitrogens is 3. The molecule has 2 atom stereocenters. The monoisotopic (exact) mass is 617 g/mol. The summed E-state index contributed by atoms with van der Waals surface area (Å²) in [7, 11) is 3.96. The molecule has 13 nitrogen and oxygen atoms in total. The molecular formula is C30H36ClN11O2. The van der Waals surface area contributed by atoms with Crippen LogP contribution in [0.25, 0.3) is 11.3 Å². The van der Waals surface area contributed by atoms with Gasteiger partial charge in [-0.3, -0.25) is 20.0 Å². The molecule has 0 saturated carbocycles. The van der Waals surface area contributed by atoms with Crippen LogP contribution in [0.4, 0.5) is 11.8 Å². The Morgan fingerprint density at radius 2 is 1.86 bits per heavy atom.